The molecule has 0 saturated carbocycles. The van der Waals surface area contributed by atoms with Crippen molar-refractivity contribution in [1.82, 2.24) is 20.2 Å². The van der Waals surface area contributed by atoms with Gasteiger partial charge in [-0.2, -0.15) is 4.98 Å². The number of aromatic nitrogens is 3. The maximum atomic E-state index is 12.7. The number of hydrogen-bond donors (Lipinski definition) is 0. The van der Waals surface area contributed by atoms with E-state index in [1.807, 2.05) is 18.7 Å². The lowest BCUT2D eigenvalue weighted by Gasteiger charge is -2.32. The first-order valence-electron chi connectivity index (χ1n) is 10.3. The van der Waals surface area contributed by atoms with Gasteiger partial charge in [0.05, 0.1) is 18.2 Å². The number of rotatable bonds is 6. The van der Waals surface area contributed by atoms with Crippen molar-refractivity contribution in [2.24, 2.45) is 0 Å². The van der Waals surface area contributed by atoms with Crippen molar-refractivity contribution >= 4 is 5.91 Å². The average molecular weight is 404 g/mol. The van der Waals surface area contributed by atoms with E-state index in [2.05, 4.69) is 15.3 Å². The van der Waals surface area contributed by atoms with Gasteiger partial charge in [0.15, 0.2) is 5.82 Å². The van der Waals surface area contributed by atoms with Crippen LogP contribution in [0.4, 0.5) is 0 Å². The van der Waals surface area contributed by atoms with E-state index in [1.54, 1.807) is 0 Å². The van der Waals surface area contributed by atoms with E-state index in [4.69, 9.17) is 18.5 Å². The molecular formula is C20H28N4O5. The molecule has 9 nitrogen and oxygen atoms in total. The second-order valence-electron chi connectivity index (χ2n) is 7.83. The van der Waals surface area contributed by atoms with E-state index < -0.39 is 0 Å². The monoisotopic (exact) mass is 404 g/mol. The molecule has 2 aromatic heterocycles. The van der Waals surface area contributed by atoms with Gasteiger partial charge in [-0.15, -0.1) is 0 Å². The Kier molecular flexibility index (Phi) is 6.25. The topological polar surface area (TPSA) is 104 Å². The summed E-state index contributed by atoms with van der Waals surface area (Å²) in [6.45, 7) is 6.79. The predicted octanol–water partition coefficient (Wildman–Crippen LogP) is 2.32. The van der Waals surface area contributed by atoms with Crippen molar-refractivity contribution in [2.45, 2.75) is 64.6 Å². The number of carbonyl (C=O) groups is 1. The molecule has 2 aromatic rings. The van der Waals surface area contributed by atoms with Crippen LogP contribution in [0.2, 0.25) is 0 Å². The minimum atomic E-state index is -0.0256. The lowest BCUT2D eigenvalue weighted by atomic mass is 10.0. The van der Waals surface area contributed by atoms with Crippen molar-refractivity contribution in [2.75, 3.05) is 26.3 Å². The molecule has 0 spiro atoms. The molecule has 2 aliphatic rings. The van der Waals surface area contributed by atoms with Crippen LogP contribution >= 0.6 is 0 Å². The van der Waals surface area contributed by atoms with Gasteiger partial charge in [-0.25, -0.2) is 0 Å². The van der Waals surface area contributed by atoms with E-state index in [1.165, 1.54) is 0 Å². The SMILES string of the molecule is Cc1noc(C)c1CC(=O)N1CCCC(OCc2noc(C3CCOCC3)n2)C1. The number of piperidine rings is 1. The van der Waals surface area contributed by atoms with Gasteiger partial charge in [-0.05, 0) is 39.5 Å². The minimum absolute atomic E-state index is 0.0256. The fourth-order valence-corrected chi connectivity index (χ4v) is 3.95. The Labute approximate surface area is 169 Å². The van der Waals surface area contributed by atoms with Crippen LogP contribution in [0.5, 0.6) is 0 Å². The normalized spacial score (nSPS) is 20.9. The van der Waals surface area contributed by atoms with Gasteiger partial charge in [0.25, 0.3) is 0 Å². The van der Waals surface area contributed by atoms with Crippen LogP contribution in [0.3, 0.4) is 0 Å². The van der Waals surface area contributed by atoms with Crippen molar-refractivity contribution in [3.8, 4) is 0 Å². The number of aryl methyl sites for hydroxylation is 2. The van der Waals surface area contributed by atoms with Crippen molar-refractivity contribution in [3.05, 3.63) is 28.7 Å². The van der Waals surface area contributed by atoms with Gasteiger partial charge >= 0.3 is 0 Å². The van der Waals surface area contributed by atoms with Gasteiger partial charge < -0.3 is 23.4 Å². The zero-order valence-corrected chi connectivity index (χ0v) is 17.1. The lowest BCUT2D eigenvalue weighted by Crippen LogP contribution is -2.44. The van der Waals surface area contributed by atoms with E-state index >= 15 is 0 Å². The highest BCUT2D eigenvalue weighted by atomic mass is 16.5. The van der Waals surface area contributed by atoms with Gasteiger partial charge in [0, 0.05) is 37.8 Å². The Morgan fingerprint density at radius 3 is 2.76 bits per heavy atom. The molecule has 9 heteroatoms. The quantitative estimate of drug-likeness (QED) is 0.722. The first-order valence-corrected chi connectivity index (χ1v) is 10.3. The molecule has 1 amide bonds. The molecule has 4 rings (SSSR count). The average Bonchev–Trinajstić information content (AvgIpc) is 3.35. The third-order valence-electron chi connectivity index (χ3n) is 5.74. The molecule has 1 unspecified atom stereocenters. The summed E-state index contributed by atoms with van der Waals surface area (Å²) in [5, 5.41) is 7.98. The maximum Gasteiger partial charge on any atom is 0.230 e. The van der Waals surface area contributed by atoms with E-state index in [-0.39, 0.29) is 17.9 Å². The molecular weight excluding hydrogens is 376 g/mol. The van der Waals surface area contributed by atoms with Crippen LogP contribution in [0, 0.1) is 13.8 Å². The van der Waals surface area contributed by atoms with Crippen LogP contribution in [0.15, 0.2) is 9.05 Å². The second-order valence-corrected chi connectivity index (χ2v) is 7.83. The largest absolute Gasteiger partial charge is 0.381 e. The number of hydrogen-bond acceptors (Lipinski definition) is 8. The smallest absolute Gasteiger partial charge is 0.230 e. The summed E-state index contributed by atoms with van der Waals surface area (Å²) in [6.07, 6.45) is 3.94. The van der Waals surface area contributed by atoms with E-state index in [0.717, 1.165) is 56.7 Å². The summed E-state index contributed by atoms with van der Waals surface area (Å²) < 4.78 is 21.9. The molecule has 4 heterocycles. The van der Waals surface area contributed by atoms with Crippen LogP contribution in [0.1, 0.15) is 60.3 Å². The van der Waals surface area contributed by atoms with Gasteiger partial charge in [0.2, 0.25) is 11.8 Å². The molecule has 0 aromatic carbocycles. The first kappa shape index (κ1) is 20.0. The van der Waals surface area contributed by atoms with Gasteiger partial charge in [0.1, 0.15) is 12.4 Å². The molecule has 158 valence electrons. The number of nitrogens with zero attached hydrogens (tertiary/aromatic N) is 4. The van der Waals surface area contributed by atoms with Gasteiger partial charge in [-0.3, -0.25) is 4.79 Å². The first-order chi connectivity index (χ1) is 14.1. The molecule has 2 aliphatic heterocycles. The van der Waals surface area contributed by atoms with Crippen LogP contribution in [-0.4, -0.2) is 58.5 Å². The van der Waals surface area contributed by atoms with E-state index in [0.29, 0.717) is 37.0 Å². The highest BCUT2D eigenvalue weighted by Crippen LogP contribution is 2.25. The molecule has 0 aliphatic carbocycles. The minimum Gasteiger partial charge on any atom is -0.381 e. The molecule has 0 N–H and O–H groups in total. The number of ether oxygens (including phenoxy) is 2. The predicted molar refractivity (Wildman–Crippen MR) is 101 cm³/mol. The molecule has 29 heavy (non-hydrogen) atoms. The fraction of sp³-hybridized carbons (Fsp3) is 0.700. The highest BCUT2D eigenvalue weighted by Gasteiger charge is 2.27. The molecule has 2 fully saturated rings. The Morgan fingerprint density at radius 1 is 1.17 bits per heavy atom. The van der Waals surface area contributed by atoms with Crippen LogP contribution in [0.25, 0.3) is 0 Å². The summed E-state index contributed by atoms with van der Waals surface area (Å²) in [4.78, 5) is 19.1. The van der Waals surface area contributed by atoms with Crippen molar-refractivity contribution < 1.29 is 23.3 Å². The third-order valence-corrected chi connectivity index (χ3v) is 5.74. The summed E-state index contributed by atoms with van der Waals surface area (Å²) in [5.74, 6) is 2.29. The summed E-state index contributed by atoms with van der Waals surface area (Å²) in [6, 6.07) is 0. The number of carbonyl (C=O) groups excluding carboxylic acids is 1. The Hall–Kier alpha value is -2.26. The standard InChI is InChI=1S/C20H28N4O5/c1-13-17(14(2)28-22-13)10-19(25)24-7-3-4-16(11-24)27-12-18-21-20(29-23-18)15-5-8-26-9-6-15/h15-16H,3-12H2,1-2H3. The molecule has 1 atom stereocenters. The Morgan fingerprint density at radius 2 is 2.00 bits per heavy atom. The molecule has 0 bridgehead atoms. The maximum absolute atomic E-state index is 12.7. The zero-order chi connectivity index (χ0) is 20.2. The van der Waals surface area contributed by atoms with E-state index in [9.17, 15) is 4.79 Å². The van der Waals surface area contributed by atoms with Gasteiger partial charge in [-0.1, -0.05) is 10.3 Å². The third kappa shape index (κ3) is 4.84. The fourth-order valence-electron chi connectivity index (χ4n) is 3.95. The number of amides is 1. The highest BCUT2D eigenvalue weighted by molar-refractivity contribution is 5.79. The summed E-state index contributed by atoms with van der Waals surface area (Å²) in [5.41, 5.74) is 1.66. The summed E-state index contributed by atoms with van der Waals surface area (Å²) >= 11 is 0. The number of likely N-dealkylation sites (tertiary alicyclic amines) is 1. The lowest BCUT2D eigenvalue weighted by molar-refractivity contribution is -0.135. The van der Waals surface area contributed by atoms with Crippen molar-refractivity contribution in [3.63, 3.8) is 0 Å². The second kappa shape index (κ2) is 9.04. The summed E-state index contributed by atoms with van der Waals surface area (Å²) in [7, 11) is 0. The Bertz CT molecular complexity index is 807. The Balaban J connectivity index is 1.28. The zero-order valence-electron chi connectivity index (χ0n) is 17.1. The molecule has 2 saturated heterocycles. The molecule has 0 radical (unpaired) electrons. The van der Waals surface area contributed by atoms with Crippen LogP contribution < -0.4 is 0 Å². The van der Waals surface area contributed by atoms with Crippen molar-refractivity contribution in [1.29, 1.82) is 0 Å². The van der Waals surface area contributed by atoms with Crippen LogP contribution in [-0.2, 0) is 27.3 Å².